The van der Waals surface area contributed by atoms with E-state index in [0.717, 1.165) is 48.8 Å². The highest BCUT2D eigenvalue weighted by Gasteiger charge is 2.32. The predicted molar refractivity (Wildman–Crippen MR) is 108 cm³/mol. The summed E-state index contributed by atoms with van der Waals surface area (Å²) < 4.78 is 5.96. The van der Waals surface area contributed by atoms with E-state index in [1.165, 1.54) is 37.0 Å². The molecule has 1 heterocycles. The lowest BCUT2D eigenvalue weighted by Gasteiger charge is -2.37. The van der Waals surface area contributed by atoms with Crippen molar-refractivity contribution < 1.29 is 14.6 Å². The van der Waals surface area contributed by atoms with Crippen molar-refractivity contribution >= 4 is 17.7 Å². The van der Waals surface area contributed by atoms with Crippen molar-refractivity contribution in [3.8, 4) is 5.75 Å². The van der Waals surface area contributed by atoms with Crippen LogP contribution in [0.4, 0.5) is 4.79 Å². The Balaban J connectivity index is 0.000000637. The molecule has 1 saturated heterocycles. The molecule has 1 aromatic rings. The summed E-state index contributed by atoms with van der Waals surface area (Å²) in [6, 6.07) is 5.96. The van der Waals surface area contributed by atoms with Gasteiger partial charge in [-0.25, -0.2) is 4.79 Å². The van der Waals surface area contributed by atoms with Crippen LogP contribution in [0, 0.1) is 5.92 Å². The van der Waals surface area contributed by atoms with Gasteiger partial charge >= 0.3 is 6.09 Å². The number of likely N-dealkylation sites (tertiary alicyclic amines) is 1. The molecule has 3 fully saturated rings. The highest BCUT2D eigenvalue weighted by molar-refractivity contribution is 6.31. The Morgan fingerprint density at radius 3 is 2.44 bits per heavy atom. The summed E-state index contributed by atoms with van der Waals surface area (Å²) in [4.78, 5) is 14.6. The molecule has 0 aromatic heterocycles. The van der Waals surface area contributed by atoms with E-state index in [-0.39, 0.29) is 6.10 Å². The van der Waals surface area contributed by atoms with Crippen molar-refractivity contribution in [1.82, 2.24) is 9.80 Å². The number of hydrogen-bond donors (Lipinski definition) is 1. The van der Waals surface area contributed by atoms with Gasteiger partial charge < -0.3 is 14.7 Å². The summed E-state index contributed by atoms with van der Waals surface area (Å²) in [6.07, 6.45) is 8.13. The number of ether oxygens (including phenoxy) is 1. The van der Waals surface area contributed by atoms with Crippen LogP contribution in [-0.4, -0.2) is 53.8 Å². The largest absolute Gasteiger partial charge is 0.490 e. The normalized spacial score (nSPS) is 23.8. The van der Waals surface area contributed by atoms with E-state index >= 15 is 0 Å². The molecule has 0 spiro atoms. The van der Waals surface area contributed by atoms with Gasteiger partial charge in [0.25, 0.3) is 0 Å². The maximum absolute atomic E-state index is 10.8. The molecular weight excluding hydrogens is 364 g/mol. The quantitative estimate of drug-likeness (QED) is 0.747. The molecule has 1 aromatic carbocycles. The van der Waals surface area contributed by atoms with Gasteiger partial charge in [0, 0.05) is 25.2 Å². The SMILES string of the molecule is C1CC1.CN(CC1CC(Oc2ccc(CN3CCCC3)c(Cl)c2)C1)C(=O)O. The van der Waals surface area contributed by atoms with Crippen molar-refractivity contribution in [2.45, 2.75) is 57.6 Å². The minimum absolute atomic E-state index is 0.165. The lowest BCUT2D eigenvalue weighted by Crippen LogP contribution is -2.41. The van der Waals surface area contributed by atoms with E-state index in [4.69, 9.17) is 21.4 Å². The lowest BCUT2D eigenvalue weighted by molar-refractivity contribution is 0.0474. The van der Waals surface area contributed by atoms with Gasteiger partial charge in [0.15, 0.2) is 0 Å². The molecule has 1 aliphatic heterocycles. The molecule has 4 rings (SSSR count). The summed E-state index contributed by atoms with van der Waals surface area (Å²) in [6.45, 7) is 3.79. The minimum atomic E-state index is -0.875. The van der Waals surface area contributed by atoms with Gasteiger partial charge in [-0.15, -0.1) is 0 Å². The zero-order chi connectivity index (χ0) is 19.2. The second-order valence-electron chi connectivity index (χ2n) is 8.04. The van der Waals surface area contributed by atoms with Crippen molar-refractivity contribution in [3.05, 3.63) is 28.8 Å². The number of hydrogen-bond acceptors (Lipinski definition) is 3. The number of benzene rings is 1. The molecule has 3 aliphatic rings. The first kappa shape index (κ1) is 20.3. The fourth-order valence-corrected chi connectivity index (χ4v) is 3.72. The van der Waals surface area contributed by atoms with Crippen molar-refractivity contribution in [2.75, 3.05) is 26.7 Å². The fourth-order valence-electron chi connectivity index (χ4n) is 3.49. The van der Waals surface area contributed by atoms with Crippen LogP contribution in [-0.2, 0) is 6.54 Å². The molecule has 150 valence electrons. The summed E-state index contributed by atoms with van der Waals surface area (Å²) >= 11 is 6.41. The number of halogens is 1. The van der Waals surface area contributed by atoms with Crippen molar-refractivity contribution in [2.24, 2.45) is 5.92 Å². The third-order valence-electron chi connectivity index (χ3n) is 5.32. The Morgan fingerprint density at radius 1 is 1.22 bits per heavy atom. The van der Waals surface area contributed by atoms with E-state index in [9.17, 15) is 4.79 Å². The first-order chi connectivity index (χ1) is 13.0. The molecular formula is C21H31ClN2O3. The first-order valence-corrected chi connectivity index (χ1v) is 10.5. The number of rotatable bonds is 6. The van der Waals surface area contributed by atoms with E-state index in [2.05, 4.69) is 11.0 Å². The number of nitrogens with zero attached hydrogens (tertiary/aromatic N) is 2. The maximum atomic E-state index is 10.8. The standard InChI is InChI=1S/C18H25ClN2O3.C3H6/c1-20(18(22)23)11-13-8-16(9-13)24-15-5-4-14(17(19)10-15)12-21-6-2-3-7-21;1-2-3-1/h4-5,10,13,16H,2-3,6-9,11-12H2,1H3,(H,22,23);1-3H2. The monoisotopic (exact) mass is 394 g/mol. The highest BCUT2D eigenvalue weighted by Crippen LogP contribution is 2.33. The van der Waals surface area contributed by atoms with Crippen LogP contribution in [0.5, 0.6) is 5.75 Å². The van der Waals surface area contributed by atoms with Gasteiger partial charge in [-0.2, -0.15) is 0 Å². The topological polar surface area (TPSA) is 53.0 Å². The summed E-state index contributed by atoms with van der Waals surface area (Å²) in [5.74, 6) is 1.20. The van der Waals surface area contributed by atoms with Crippen LogP contribution in [0.1, 0.15) is 50.5 Å². The molecule has 0 bridgehead atoms. The van der Waals surface area contributed by atoms with Gasteiger partial charge in [0.1, 0.15) is 5.75 Å². The molecule has 6 heteroatoms. The number of amides is 1. The highest BCUT2D eigenvalue weighted by atomic mass is 35.5. The van der Waals surface area contributed by atoms with Gasteiger partial charge in [-0.05, 0) is 62.4 Å². The molecule has 0 radical (unpaired) electrons. The van der Waals surface area contributed by atoms with Gasteiger partial charge in [0.2, 0.25) is 0 Å². The van der Waals surface area contributed by atoms with Crippen LogP contribution in [0.25, 0.3) is 0 Å². The molecule has 2 aliphatic carbocycles. The molecule has 0 unspecified atom stereocenters. The van der Waals surface area contributed by atoms with Crippen molar-refractivity contribution in [1.29, 1.82) is 0 Å². The average molecular weight is 395 g/mol. The Labute approximate surface area is 167 Å². The Bertz CT molecular complexity index is 623. The van der Waals surface area contributed by atoms with Crippen molar-refractivity contribution in [3.63, 3.8) is 0 Å². The number of carboxylic acid groups (broad SMARTS) is 1. The number of carbonyl (C=O) groups is 1. The minimum Gasteiger partial charge on any atom is -0.490 e. The van der Waals surface area contributed by atoms with Crippen LogP contribution in [0.15, 0.2) is 18.2 Å². The van der Waals surface area contributed by atoms with Crippen LogP contribution in [0.2, 0.25) is 5.02 Å². The smallest absolute Gasteiger partial charge is 0.407 e. The predicted octanol–water partition coefficient (Wildman–Crippen LogP) is 4.87. The van der Waals surface area contributed by atoms with E-state index in [0.29, 0.717) is 12.5 Å². The maximum Gasteiger partial charge on any atom is 0.407 e. The second-order valence-corrected chi connectivity index (χ2v) is 8.44. The van der Waals surface area contributed by atoms with Crippen LogP contribution < -0.4 is 4.74 Å². The molecule has 5 nitrogen and oxygen atoms in total. The summed E-state index contributed by atoms with van der Waals surface area (Å²) in [5, 5.41) is 9.65. The first-order valence-electron chi connectivity index (χ1n) is 10.1. The second kappa shape index (κ2) is 9.65. The Kier molecular flexibility index (Phi) is 7.25. The molecule has 0 atom stereocenters. The third-order valence-corrected chi connectivity index (χ3v) is 5.68. The molecule has 27 heavy (non-hydrogen) atoms. The summed E-state index contributed by atoms with van der Waals surface area (Å²) in [5.41, 5.74) is 1.15. The zero-order valence-corrected chi connectivity index (χ0v) is 17.0. The van der Waals surface area contributed by atoms with Gasteiger partial charge in [0.05, 0.1) is 6.10 Å². The third kappa shape index (κ3) is 6.58. The van der Waals surface area contributed by atoms with Gasteiger partial charge in [-0.1, -0.05) is 36.9 Å². The molecule has 1 amide bonds. The fraction of sp³-hybridized carbons (Fsp3) is 0.667. The van der Waals surface area contributed by atoms with Crippen LogP contribution >= 0.6 is 11.6 Å². The Morgan fingerprint density at radius 2 is 1.89 bits per heavy atom. The summed E-state index contributed by atoms with van der Waals surface area (Å²) in [7, 11) is 1.61. The van der Waals surface area contributed by atoms with E-state index in [1.807, 2.05) is 12.1 Å². The molecule has 1 N–H and O–H groups in total. The average Bonchev–Trinajstić information content (AvgIpc) is 3.40. The Hall–Kier alpha value is -1.46. The van der Waals surface area contributed by atoms with E-state index < -0.39 is 6.09 Å². The molecule has 2 saturated carbocycles. The lowest BCUT2D eigenvalue weighted by atomic mass is 9.82. The van der Waals surface area contributed by atoms with E-state index in [1.54, 1.807) is 7.05 Å². The zero-order valence-electron chi connectivity index (χ0n) is 16.2. The van der Waals surface area contributed by atoms with Crippen LogP contribution in [0.3, 0.4) is 0 Å². The van der Waals surface area contributed by atoms with Gasteiger partial charge in [-0.3, -0.25) is 4.90 Å².